The molecule has 2 aromatic heterocycles. The van der Waals surface area contributed by atoms with E-state index in [1.165, 1.54) is 0 Å². The summed E-state index contributed by atoms with van der Waals surface area (Å²) < 4.78 is 11.5. The van der Waals surface area contributed by atoms with Gasteiger partial charge < -0.3 is 14.8 Å². The van der Waals surface area contributed by atoms with Gasteiger partial charge in [0.1, 0.15) is 16.5 Å². The monoisotopic (exact) mass is 334 g/mol. The molecule has 1 N–H and O–H groups in total. The molecule has 4 heterocycles. The number of aromatic nitrogens is 2. The van der Waals surface area contributed by atoms with Gasteiger partial charge in [0.05, 0.1) is 37.4 Å². The number of ether oxygens (including phenoxy) is 2. The molecule has 2 aliphatic heterocycles. The van der Waals surface area contributed by atoms with Crippen molar-refractivity contribution in [1.82, 2.24) is 14.9 Å². The standard InChI is InChI=1S/C16H22N4O2S/c1-2-13-18-14(12-3-8-23-15(12)19-13)17-9-16-10-21-6-4-20(16)5-7-22-11-16/h3,8H,2,4-7,9-11H2,1H3,(H,17,18,19). The molecule has 2 fully saturated rings. The number of anilines is 1. The maximum atomic E-state index is 5.76. The van der Waals surface area contributed by atoms with Crippen LogP contribution in [-0.4, -0.2) is 66.5 Å². The molecule has 0 amide bonds. The summed E-state index contributed by atoms with van der Waals surface area (Å²) >= 11 is 1.66. The summed E-state index contributed by atoms with van der Waals surface area (Å²) in [5.41, 5.74) is -0.0871. The van der Waals surface area contributed by atoms with Crippen LogP contribution in [0.3, 0.4) is 0 Å². The van der Waals surface area contributed by atoms with E-state index in [1.807, 2.05) is 0 Å². The fourth-order valence-corrected chi connectivity index (χ4v) is 4.12. The largest absolute Gasteiger partial charge is 0.378 e. The second-order valence-electron chi connectivity index (χ2n) is 6.15. The van der Waals surface area contributed by atoms with Crippen molar-refractivity contribution in [2.75, 3.05) is 51.4 Å². The molecular weight excluding hydrogens is 312 g/mol. The Morgan fingerprint density at radius 1 is 1.26 bits per heavy atom. The predicted octanol–water partition coefficient (Wildman–Crippen LogP) is 1.77. The molecule has 0 bridgehead atoms. The van der Waals surface area contributed by atoms with Gasteiger partial charge in [-0.15, -0.1) is 11.3 Å². The number of nitrogens with zero attached hydrogens (tertiary/aromatic N) is 3. The molecule has 0 radical (unpaired) electrons. The summed E-state index contributed by atoms with van der Waals surface area (Å²) in [5.74, 6) is 1.81. The molecule has 124 valence electrons. The van der Waals surface area contributed by atoms with Crippen molar-refractivity contribution in [3.63, 3.8) is 0 Å². The quantitative estimate of drug-likeness (QED) is 0.919. The highest BCUT2D eigenvalue weighted by Crippen LogP contribution is 2.28. The number of aryl methyl sites for hydroxylation is 1. The molecule has 0 atom stereocenters. The third-order valence-corrected chi connectivity index (χ3v) is 5.50. The predicted molar refractivity (Wildman–Crippen MR) is 91.2 cm³/mol. The van der Waals surface area contributed by atoms with Gasteiger partial charge in [-0.3, -0.25) is 4.90 Å². The van der Waals surface area contributed by atoms with Crippen molar-refractivity contribution in [3.8, 4) is 0 Å². The van der Waals surface area contributed by atoms with Crippen molar-refractivity contribution < 1.29 is 9.47 Å². The van der Waals surface area contributed by atoms with Crippen LogP contribution in [0.1, 0.15) is 12.7 Å². The van der Waals surface area contributed by atoms with Crippen molar-refractivity contribution in [3.05, 3.63) is 17.3 Å². The normalized spacial score (nSPS) is 21.3. The van der Waals surface area contributed by atoms with E-state index in [4.69, 9.17) is 14.5 Å². The fraction of sp³-hybridized carbons (Fsp3) is 0.625. The zero-order valence-corrected chi connectivity index (χ0v) is 14.2. The van der Waals surface area contributed by atoms with E-state index >= 15 is 0 Å². The number of hydrogen-bond donors (Lipinski definition) is 1. The van der Waals surface area contributed by atoms with Crippen LogP contribution in [0.5, 0.6) is 0 Å². The van der Waals surface area contributed by atoms with Gasteiger partial charge in [-0.25, -0.2) is 9.97 Å². The van der Waals surface area contributed by atoms with E-state index in [0.29, 0.717) is 13.2 Å². The molecule has 2 aromatic rings. The van der Waals surface area contributed by atoms with E-state index < -0.39 is 0 Å². The molecule has 2 aliphatic rings. The van der Waals surface area contributed by atoms with Gasteiger partial charge in [0.25, 0.3) is 0 Å². The minimum Gasteiger partial charge on any atom is -0.378 e. The van der Waals surface area contributed by atoms with E-state index in [2.05, 4.69) is 33.6 Å². The lowest BCUT2D eigenvalue weighted by molar-refractivity contribution is -0.135. The van der Waals surface area contributed by atoms with Gasteiger partial charge in [0.15, 0.2) is 0 Å². The summed E-state index contributed by atoms with van der Waals surface area (Å²) in [7, 11) is 0. The average molecular weight is 334 g/mol. The highest BCUT2D eigenvalue weighted by atomic mass is 32.1. The number of hydrogen-bond acceptors (Lipinski definition) is 7. The number of fused-ring (bicyclic) bond motifs is 2. The van der Waals surface area contributed by atoms with E-state index in [9.17, 15) is 0 Å². The van der Waals surface area contributed by atoms with Crippen molar-refractivity contribution in [2.45, 2.75) is 18.9 Å². The fourth-order valence-electron chi connectivity index (χ4n) is 3.34. The minimum absolute atomic E-state index is 0.0871. The Hall–Kier alpha value is -1.28. The highest BCUT2D eigenvalue weighted by Gasteiger charge is 2.42. The zero-order chi connectivity index (χ0) is 15.7. The summed E-state index contributed by atoms with van der Waals surface area (Å²) in [5, 5.41) is 6.73. The minimum atomic E-state index is -0.0871. The van der Waals surface area contributed by atoms with Crippen LogP contribution in [0.15, 0.2) is 11.4 Å². The molecule has 2 saturated heterocycles. The summed E-state index contributed by atoms with van der Waals surface area (Å²) in [6.45, 7) is 7.85. The number of morpholine rings is 2. The molecule has 0 aliphatic carbocycles. The van der Waals surface area contributed by atoms with Gasteiger partial charge in [-0.05, 0) is 11.4 Å². The lowest BCUT2D eigenvalue weighted by Gasteiger charge is -2.49. The molecule has 6 nitrogen and oxygen atoms in total. The van der Waals surface area contributed by atoms with Crippen LogP contribution in [0.25, 0.3) is 10.2 Å². The van der Waals surface area contributed by atoms with Gasteiger partial charge in [-0.2, -0.15) is 0 Å². The summed E-state index contributed by atoms with van der Waals surface area (Å²) in [6.07, 6.45) is 0.839. The molecule has 7 heteroatoms. The number of thiophene rings is 1. The molecule has 0 spiro atoms. The zero-order valence-electron chi connectivity index (χ0n) is 13.4. The second-order valence-corrected chi connectivity index (χ2v) is 7.05. The molecular formula is C16H22N4O2S. The van der Waals surface area contributed by atoms with E-state index in [1.54, 1.807) is 11.3 Å². The highest BCUT2D eigenvalue weighted by molar-refractivity contribution is 7.16. The van der Waals surface area contributed by atoms with Gasteiger partial charge in [-0.1, -0.05) is 6.92 Å². The number of nitrogens with one attached hydrogen (secondary N) is 1. The lowest BCUT2D eigenvalue weighted by Crippen LogP contribution is -2.66. The second kappa shape index (κ2) is 6.32. The Labute approximate surface area is 139 Å². The molecule has 0 saturated carbocycles. The Bertz CT molecular complexity index is 678. The summed E-state index contributed by atoms with van der Waals surface area (Å²) in [4.78, 5) is 12.8. The smallest absolute Gasteiger partial charge is 0.138 e. The Balaban J connectivity index is 1.59. The topological polar surface area (TPSA) is 59.5 Å². The number of rotatable bonds is 4. The van der Waals surface area contributed by atoms with Crippen LogP contribution in [0.4, 0.5) is 5.82 Å². The molecule has 0 aromatic carbocycles. The molecule has 23 heavy (non-hydrogen) atoms. The molecule has 4 rings (SSSR count). The van der Waals surface area contributed by atoms with Crippen LogP contribution >= 0.6 is 11.3 Å². The van der Waals surface area contributed by atoms with Crippen LogP contribution < -0.4 is 5.32 Å². The Kier molecular flexibility index (Phi) is 4.19. The third-order valence-electron chi connectivity index (χ3n) is 4.70. The maximum absolute atomic E-state index is 5.76. The van der Waals surface area contributed by atoms with E-state index in [0.717, 1.165) is 61.1 Å². The van der Waals surface area contributed by atoms with Gasteiger partial charge in [0, 0.05) is 26.1 Å². The summed E-state index contributed by atoms with van der Waals surface area (Å²) in [6, 6.07) is 2.09. The first kappa shape index (κ1) is 15.3. The molecule has 0 unspecified atom stereocenters. The van der Waals surface area contributed by atoms with E-state index in [-0.39, 0.29) is 5.54 Å². The third kappa shape index (κ3) is 2.82. The average Bonchev–Trinajstić information content (AvgIpc) is 3.08. The first-order valence-electron chi connectivity index (χ1n) is 8.19. The van der Waals surface area contributed by atoms with Crippen molar-refractivity contribution in [2.24, 2.45) is 0 Å². The van der Waals surface area contributed by atoms with Crippen molar-refractivity contribution >= 4 is 27.4 Å². The van der Waals surface area contributed by atoms with Gasteiger partial charge in [0.2, 0.25) is 0 Å². The Morgan fingerprint density at radius 3 is 2.78 bits per heavy atom. The SMILES string of the molecule is CCc1nc(NCC23COCCN2CCOC3)c2ccsc2n1. The first-order chi connectivity index (χ1) is 11.3. The van der Waals surface area contributed by atoms with Crippen LogP contribution in [0, 0.1) is 0 Å². The maximum Gasteiger partial charge on any atom is 0.138 e. The van der Waals surface area contributed by atoms with Crippen LogP contribution in [0.2, 0.25) is 0 Å². The lowest BCUT2D eigenvalue weighted by atomic mass is 9.96. The first-order valence-corrected chi connectivity index (χ1v) is 9.07. The van der Waals surface area contributed by atoms with Crippen molar-refractivity contribution in [1.29, 1.82) is 0 Å². The van der Waals surface area contributed by atoms with Crippen LogP contribution in [-0.2, 0) is 15.9 Å². The Morgan fingerprint density at radius 2 is 2.04 bits per heavy atom. The van der Waals surface area contributed by atoms with Gasteiger partial charge >= 0.3 is 0 Å².